The summed E-state index contributed by atoms with van der Waals surface area (Å²) in [6.07, 6.45) is 0.996. The number of halogens is 2. The lowest BCUT2D eigenvalue weighted by atomic mass is 9.82. The second-order valence-electron chi connectivity index (χ2n) is 6.65. The predicted molar refractivity (Wildman–Crippen MR) is 85.6 cm³/mol. The monoisotopic (exact) mass is 303 g/mol. The molecule has 0 spiro atoms. The van der Waals surface area contributed by atoms with Crippen molar-refractivity contribution in [2.75, 3.05) is 17.7 Å². The third-order valence-electron chi connectivity index (χ3n) is 2.60. The molecular weight excluding hydrogens is 281 g/mol. The van der Waals surface area contributed by atoms with Gasteiger partial charge in [0.05, 0.1) is 10.0 Å². The van der Waals surface area contributed by atoms with Crippen molar-refractivity contribution in [3.63, 3.8) is 0 Å². The Hall–Kier alpha value is -0.670. The normalized spacial score (nSPS) is 12.4. The third-order valence-corrected chi connectivity index (χ3v) is 3.17. The number of nitrogens with one attached hydrogen (secondary N) is 2. The zero-order valence-electron chi connectivity index (χ0n) is 12.5. The van der Waals surface area contributed by atoms with Gasteiger partial charge in [-0.1, -0.05) is 44.0 Å². The number of nitrogens with zero attached hydrogens (tertiary/aromatic N) is 1. The standard InChI is InChI=1S/C14H23Cl2N3/c1-13(2,3)8-14(4,5)19-12-10(16)7-9(15)11(17-6)18-12/h7H,8H2,1-6H3,(H2,17,18,19). The SMILES string of the molecule is CNc1nc(NC(C)(C)CC(C)(C)C)c(Cl)cc1Cl. The van der Waals surface area contributed by atoms with Crippen LogP contribution in [-0.4, -0.2) is 17.6 Å². The molecule has 0 unspecified atom stereocenters. The molecule has 19 heavy (non-hydrogen) atoms. The first-order chi connectivity index (χ1) is 8.54. The molecule has 0 aliphatic heterocycles. The van der Waals surface area contributed by atoms with E-state index in [0.717, 1.165) is 6.42 Å². The highest BCUT2D eigenvalue weighted by molar-refractivity contribution is 6.37. The summed E-state index contributed by atoms with van der Waals surface area (Å²) in [6, 6.07) is 1.71. The summed E-state index contributed by atoms with van der Waals surface area (Å²) < 4.78 is 0. The number of anilines is 2. The van der Waals surface area contributed by atoms with Gasteiger partial charge in [-0.05, 0) is 31.7 Å². The third kappa shape index (κ3) is 5.07. The fourth-order valence-electron chi connectivity index (χ4n) is 2.42. The van der Waals surface area contributed by atoms with E-state index in [1.54, 1.807) is 13.1 Å². The van der Waals surface area contributed by atoms with Crippen molar-refractivity contribution in [2.24, 2.45) is 5.41 Å². The average Bonchev–Trinajstić information content (AvgIpc) is 2.18. The lowest BCUT2D eigenvalue weighted by molar-refractivity contribution is 0.302. The van der Waals surface area contributed by atoms with Gasteiger partial charge >= 0.3 is 0 Å². The van der Waals surface area contributed by atoms with E-state index < -0.39 is 0 Å². The van der Waals surface area contributed by atoms with Crippen LogP contribution in [-0.2, 0) is 0 Å². The highest BCUT2D eigenvalue weighted by atomic mass is 35.5. The number of pyridine rings is 1. The molecule has 0 bridgehead atoms. The largest absolute Gasteiger partial charge is 0.372 e. The summed E-state index contributed by atoms with van der Waals surface area (Å²) in [7, 11) is 1.78. The fraction of sp³-hybridized carbons (Fsp3) is 0.643. The second-order valence-corrected chi connectivity index (χ2v) is 7.46. The maximum atomic E-state index is 6.20. The van der Waals surface area contributed by atoms with Gasteiger partial charge in [-0.3, -0.25) is 0 Å². The van der Waals surface area contributed by atoms with Crippen LogP contribution in [0.1, 0.15) is 41.0 Å². The van der Waals surface area contributed by atoms with Crippen LogP contribution in [0.25, 0.3) is 0 Å². The topological polar surface area (TPSA) is 37.0 Å². The zero-order chi connectivity index (χ0) is 14.8. The Bertz CT molecular complexity index is 451. The molecule has 5 heteroatoms. The summed E-state index contributed by atoms with van der Waals surface area (Å²) in [4.78, 5) is 4.42. The van der Waals surface area contributed by atoms with Gasteiger partial charge in [0, 0.05) is 12.6 Å². The van der Waals surface area contributed by atoms with Gasteiger partial charge in [0.2, 0.25) is 0 Å². The molecule has 0 saturated heterocycles. The quantitative estimate of drug-likeness (QED) is 0.816. The van der Waals surface area contributed by atoms with Crippen LogP contribution in [0.3, 0.4) is 0 Å². The average molecular weight is 304 g/mol. The first kappa shape index (κ1) is 16.4. The summed E-state index contributed by atoms with van der Waals surface area (Å²) in [5.41, 5.74) is 0.120. The Morgan fingerprint density at radius 1 is 1.05 bits per heavy atom. The van der Waals surface area contributed by atoms with E-state index in [1.807, 2.05) is 0 Å². The first-order valence-electron chi connectivity index (χ1n) is 6.36. The lowest BCUT2D eigenvalue weighted by Crippen LogP contribution is -2.35. The number of rotatable bonds is 4. The van der Waals surface area contributed by atoms with E-state index >= 15 is 0 Å². The Labute approximate surface area is 126 Å². The molecule has 0 aliphatic rings. The Kier molecular flexibility index (Phi) is 4.97. The van der Waals surface area contributed by atoms with Crippen molar-refractivity contribution in [2.45, 2.75) is 46.6 Å². The smallest absolute Gasteiger partial charge is 0.147 e. The second kappa shape index (κ2) is 5.76. The van der Waals surface area contributed by atoms with Crippen LogP contribution in [0.4, 0.5) is 11.6 Å². The molecule has 2 N–H and O–H groups in total. The molecule has 0 atom stereocenters. The minimum atomic E-state index is -0.103. The molecule has 1 aromatic heterocycles. The van der Waals surface area contributed by atoms with Crippen LogP contribution >= 0.6 is 23.2 Å². The molecule has 1 rings (SSSR count). The molecule has 0 aliphatic carbocycles. The minimum Gasteiger partial charge on any atom is -0.372 e. The van der Waals surface area contributed by atoms with Gasteiger partial charge in [-0.2, -0.15) is 0 Å². The van der Waals surface area contributed by atoms with Crippen LogP contribution in [0.15, 0.2) is 6.07 Å². The zero-order valence-corrected chi connectivity index (χ0v) is 14.0. The van der Waals surface area contributed by atoms with E-state index in [4.69, 9.17) is 23.2 Å². The van der Waals surface area contributed by atoms with Gasteiger partial charge in [-0.15, -0.1) is 0 Å². The van der Waals surface area contributed by atoms with E-state index in [2.05, 4.69) is 50.2 Å². The Morgan fingerprint density at radius 2 is 1.58 bits per heavy atom. The summed E-state index contributed by atoms with van der Waals surface area (Å²) >= 11 is 12.2. The van der Waals surface area contributed by atoms with Gasteiger partial charge in [-0.25, -0.2) is 4.98 Å². The van der Waals surface area contributed by atoms with Crippen LogP contribution < -0.4 is 10.6 Å². The van der Waals surface area contributed by atoms with Crippen LogP contribution in [0.5, 0.6) is 0 Å². The summed E-state index contributed by atoms with van der Waals surface area (Å²) in [5, 5.41) is 7.41. The number of hydrogen-bond donors (Lipinski definition) is 2. The molecule has 0 fully saturated rings. The molecule has 3 nitrogen and oxygen atoms in total. The van der Waals surface area contributed by atoms with Gasteiger partial charge in [0.15, 0.2) is 0 Å². The van der Waals surface area contributed by atoms with E-state index in [9.17, 15) is 0 Å². The highest BCUT2D eigenvalue weighted by Gasteiger charge is 2.26. The van der Waals surface area contributed by atoms with E-state index in [0.29, 0.717) is 21.7 Å². The highest BCUT2D eigenvalue weighted by Crippen LogP contribution is 2.34. The number of aromatic nitrogens is 1. The predicted octanol–water partition coefficient (Wildman–Crippen LogP) is 5.06. The van der Waals surface area contributed by atoms with Crippen molar-refractivity contribution in [1.29, 1.82) is 0 Å². The van der Waals surface area contributed by atoms with Gasteiger partial charge in [0.25, 0.3) is 0 Å². The number of hydrogen-bond acceptors (Lipinski definition) is 3. The van der Waals surface area contributed by atoms with Crippen molar-refractivity contribution in [1.82, 2.24) is 4.98 Å². The lowest BCUT2D eigenvalue weighted by Gasteiger charge is -2.34. The van der Waals surface area contributed by atoms with Crippen molar-refractivity contribution >= 4 is 34.8 Å². The van der Waals surface area contributed by atoms with Crippen molar-refractivity contribution < 1.29 is 0 Å². The molecule has 108 valence electrons. The maximum absolute atomic E-state index is 6.20. The Balaban J connectivity index is 2.99. The van der Waals surface area contributed by atoms with Crippen molar-refractivity contribution in [3.05, 3.63) is 16.1 Å². The van der Waals surface area contributed by atoms with Gasteiger partial charge < -0.3 is 10.6 Å². The molecule has 0 radical (unpaired) electrons. The molecular formula is C14H23Cl2N3. The molecule has 1 heterocycles. The van der Waals surface area contributed by atoms with Crippen LogP contribution in [0, 0.1) is 5.41 Å². The Morgan fingerprint density at radius 3 is 2.05 bits per heavy atom. The summed E-state index contributed by atoms with van der Waals surface area (Å²) in [5.74, 6) is 1.28. The van der Waals surface area contributed by atoms with Crippen LogP contribution in [0.2, 0.25) is 10.0 Å². The fourth-order valence-corrected chi connectivity index (χ4v) is 2.92. The van der Waals surface area contributed by atoms with E-state index in [-0.39, 0.29) is 11.0 Å². The van der Waals surface area contributed by atoms with Crippen molar-refractivity contribution in [3.8, 4) is 0 Å². The molecule has 0 aromatic carbocycles. The minimum absolute atomic E-state index is 0.103. The molecule has 0 saturated carbocycles. The summed E-state index contributed by atoms with van der Waals surface area (Å²) in [6.45, 7) is 10.9. The van der Waals surface area contributed by atoms with Gasteiger partial charge in [0.1, 0.15) is 11.6 Å². The molecule has 0 amide bonds. The molecule has 1 aromatic rings. The van der Waals surface area contributed by atoms with E-state index in [1.165, 1.54) is 0 Å². The maximum Gasteiger partial charge on any atom is 0.147 e. The first-order valence-corrected chi connectivity index (χ1v) is 7.12.